The van der Waals surface area contributed by atoms with Crippen LogP contribution in [0.1, 0.15) is 50.4 Å². The van der Waals surface area contributed by atoms with E-state index in [2.05, 4.69) is 29.5 Å². The summed E-state index contributed by atoms with van der Waals surface area (Å²) < 4.78 is 36.3. The maximum absolute atomic E-state index is 13.4. The average Bonchev–Trinajstić information content (AvgIpc) is 3.32. The first-order chi connectivity index (χ1) is 14.8. The van der Waals surface area contributed by atoms with Crippen LogP contribution in [0.2, 0.25) is 0 Å². The van der Waals surface area contributed by atoms with Gasteiger partial charge in [0.1, 0.15) is 11.3 Å². The third-order valence-electron chi connectivity index (χ3n) is 5.99. The molecular formula is C23H26N4O3S. The molecule has 0 bridgehead atoms. The van der Waals surface area contributed by atoms with Crippen molar-refractivity contribution < 1.29 is 12.8 Å². The normalized spacial score (nSPS) is 18.4. The van der Waals surface area contributed by atoms with E-state index in [0.29, 0.717) is 30.1 Å². The lowest BCUT2D eigenvalue weighted by Gasteiger charge is -2.32. The Morgan fingerprint density at radius 3 is 2.71 bits per heavy atom. The highest BCUT2D eigenvalue weighted by Gasteiger charge is 2.33. The SMILES string of the molecule is Cc1nc2ccc(S(=O)(=O)N3CCC[C@H](c4nc5ccccc5n4C(C)C)C3)cc2o1. The average molecular weight is 439 g/mol. The molecule has 162 valence electrons. The Balaban J connectivity index is 1.50. The molecule has 31 heavy (non-hydrogen) atoms. The van der Waals surface area contributed by atoms with E-state index in [1.54, 1.807) is 29.4 Å². The minimum atomic E-state index is -3.64. The quantitative estimate of drug-likeness (QED) is 0.464. The monoisotopic (exact) mass is 438 g/mol. The van der Waals surface area contributed by atoms with Gasteiger partial charge in [0.05, 0.1) is 15.9 Å². The highest BCUT2D eigenvalue weighted by molar-refractivity contribution is 7.89. The number of rotatable bonds is 4. The summed E-state index contributed by atoms with van der Waals surface area (Å²) in [5, 5.41) is 0. The summed E-state index contributed by atoms with van der Waals surface area (Å²) in [6.45, 7) is 6.97. The summed E-state index contributed by atoms with van der Waals surface area (Å²) in [5.74, 6) is 1.54. The number of hydrogen-bond acceptors (Lipinski definition) is 5. The fourth-order valence-electron chi connectivity index (χ4n) is 4.59. The van der Waals surface area contributed by atoms with Crippen molar-refractivity contribution in [3.63, 3.8) is 0 Å². The minimum Gasteiger partial charge on any atom is -0.441 e. The molecular weight excluding hydrogens is 412 g/mol. The zero-order valence-corrected chi connectivity index (χ0v) is 18.8. The standard InChI is InChI=1S/C23H26N4O3S/c1-15(2)27-21-9-5-4-8-19(21)25-23(27)17-7-6-12-26(14-17)31(28,29)18-10-11-20-22(13-18)30-16(3)24-20/h4-5,8-11,13,15,17H,6-7,12,14H2,1-3H3/t17-/m0/s1. The molecule has 0 amide bonds. The summed E-state index contributed by atoms with van der Waals surface area (Å²) in [7, 11) is -3.64. The van der Waals surface area contributed by atoms with Crippen molar-refractivity contribution in [1.82, 2.24) is 18.8 Å². The number of oxazole rings is 1. The smallest absolute Gasteiger partial charge is 0.243 e. The van der Waals surface area contributed by atoms with Gasteiger partial charge < -0.3 is 8.98 Å². The van der Waals surface area contributed by atoms with Crippen LogP contribution >= 0.6 is 0 Å². The number of nitrogens with zero attached hydrogens (tertiary/aromatic N) is 4. The predicted octanol–water partition coefficient (Wildman–Crippen LogP) is 4.64. The van der Waals surface area contributed by atoms with Crippen LogP contribution in [0.3, 0.4) is 0 Å². The first kappa shape index (κ1) is 20.2. The molecule has 0 spiro atoms. The van der Waals surface area contributed by atoms with Gasteiger partial charge in [-0.15, -0.1) is 0 Å². The van der Waals surface area contributed by atoms with Crippen molar-refractivity contribution in [2.24, 2.45) is 0 Å². The maximum atomic E-state index is 13.4. The number of aryl methyl sites for hydroxylation is 1. The van der Waals surface area contributed by atoms with E-state index in [-0.39, 0.29) is 16.9 Å². The van der Waals surface area contributed by atoms with Crippen LogP contribution in [0.4, 0.5) is 0 Å². The second kappa shape index (κ2) is 7.46. The van der Waals surface area contributed by atoms with Gasteiger partial charge in [-0.05, 0) is 51.0 Å². The Morgan fingerprint density at radius 2 is 1.90 bits per heavy atom. The molecule has 0 N–H and O–H groups in total. The Hall–Kier alpha value is -2.71. The van der Waals surface area contributed by atoms with Gasteiger partial charge >= 0.3 is 0 Å². The Kier molecular flexibility index (Phi) is 4.86. The summed E-state index contributed by atoms with van der Waals surface area (Å²) in [4.78, 5) is 9.41. The van der Waals surface area contributed by atoms with E-state index in [1.165, 1.54) is 0 Å². The molecule has 0 unspecified atom stereocenters. The molecule has 1 aliphatic rings. The largest absolute Gasteiger partial charge is 0.441 e. The van der Waals surface area contributed by atoms with E-state index in [4.69, 9.17) is 9.40 Å². The van der Waals surface area contributed by atoms with Gasteiger partial charge in [0.25, 0.3) is 0 Å². The highest BCUT2D eigenvalue weighted by Crippen LogP contribution is 2.34. The van der Waals surface area contributed by atoms with Crippen LogP contribution in [0.25, 0.3) is 22.1 Å². The van der Waals surface area contributed by atoms with E-state index in [9.17, 15) is 8.42 Å². The van der Waals surface area contributed by atoms with Crippen molar-refractivity contribution in [1.29, 1.82) is 0 Å². The number of para-hydroxylation sites is 2. The highest BCUT2D eigenvalue weighted by atomic mass is 32.2. The number of aromatic nitrogens is 3. The molecule has 3 heterocycles. The molecule has 0 saturated carbocycles. The Bertz CT molecular complexity index is 1370. The lowest BCUT2D eigenvalue weighted by Crippen LogP contribution is -2.39. The van der Waals surface area contributed by atoms with E-state index >= 15 is 0 Å². The molecule has 8 heteroatoms. The number of imidazole rings is 1. The molecule has 1 saturated heterocycles. The molecule has 4 aromatic rings. The summed E-state index contributed by atoms with van der Waals surface area (Å²) in [6, 6.07) is 13.3. The number of sulfonamides is 1. The van der Waals surface area contributed by atoms with Crippen LogP contribution in [0.15, 0.2) is 51.8 Å². The Labute approximate surface area is 181 Å². The van der Waals surface area contributed by atoms with Crippen LogP contribution < -0.4 is 0 Å². The lowest BCUT2D eigenvalue weighted by atomic mass is 9.98. The van der Waals surface area contributed by atoms with Crippen molar-refractivity contribution in [2.45, 2.75) is 50.5 Å². The molecule has 5 rings (SSSR count). The number of fused-ring (bicyclic) bond motifs is 2. The number of benzene rings is 2. The molecule has 0 aliphatic carbocycles. The fraction of sp³-hybridized carbons (Fsp3) is 0.391. The summed E-state index contributed by atoms with van der Waals surface area (Å²) in [5.41, 5.74) is 3.21. The molecule has 7 nitrogen and oxygen atoms in total. The second-order valence-corrected chi connectivity index (χ2v) is 10.4. The number of piperidine rings is 1. The maximum Gasteiger partial charge on any atom is 0.243 e. The van der Waals surface area contributed by atoms with E-state index < -0.39 is 10.0 Å². The van der Waals surface area contributed by atoms with Crippen LogP contribution in [0.5, 0.6) is 0 Å². The van der Waals surface area contributed by atoms with Gasteiger partial charge in [-0.25, -0.2) is 18.4 Å². The van der Waals surface area contributed by atoms with Crippen molar-refractivity contribution in [3.8, 4) is 0 Å². The zero-order chi connectivity index (χ0) is 21.8. The van der Waals surface area contributed by atoms with Crippen molar-refractivity contribution in [2.75, 3.05) is 13.1 Å². The van der Waals surface area contributed by atoms with E-state index in [1.807, 2.05) is 18.2 Å². The number of hydrogen-bond donors (Lipinski definition) is 0. The molecule has 2 aromatic heterocycles. The Morgan fingerprint density at radius 1 is 1.10 bits per heavy atom. The third kappa shape index (κ3) is 3.43. The summed E-state index contributed by atoms with van der Waals surface area (Å²) in [6.07, 6.45) is 1.72. The van der Waals surface area contributed by atoms with Crippen molar-refractivity contribution in [3.05, 3.63) is 54.2 Å². The topological polar surface area (TPSA) is 81.2 Å². The van der Waals surface area contributed by atoms with Crippen LogP contribution in [-0.2, 0) is 10.0 Å². The van der Waals surface area contributed by atoms with Crippen LogP contribution in [-0.4, -0.2) is 40.3 Å². The molecule has 1 fully saturated rings. The molecule has 1 aliphatic heterocycles. The molecule has 1 atom stereocenters. The third-order valence-corrected chi connectivity index (χ3v) is 7.85. The van der Waals surface area contributed by atoms with Gasteiger partial charge in [0.15, 0.2) is 11.5 Å². The van der Waals surface area contributed by atoms with Gasteiger partial charge in [-0.2, -0.15) is 4.31 Å². The van der Waals surface area contributed by atoms with Crippen LogP contribution in [0, 0.1) is 6.92 Å². The minimum absolute atomic E-state index is 0.0505. The fourth-order valence-corrected chi connectivity index (χ4v) is 6.13. The predicted molar refractivity (Wildman–Crippen MR) is 120 cm³/mol. The van der Waals surface area contributed by atoms with Gasteiger partial charge in [0.2, 0.25) is 10.0 Å². The molecule has 2 aromatic carbocycles. The second-order valence-electron chi connectivity index (χ2n) is 8.49. The van der Waals surface area contributed by atoms with Crippen molar-refractivity contribution >= 4 is 32.2 Å². The van der Waals surface area contributed by atoms with Gasteiger partial charge in [-0.3, -0.25) is 0 Å². The molecule has 0 radical (unpaired) electrons. The lowest BCUT2D eigenvalue weighted by molar-refractivity contribution is 0.303. The van der Waals surface area contributed by atoms with Gasteiger partial charge in [-0.1, -0.05) is 12.1 Å². The zero-order valence-electron chi connectivity index (χ0n) is 17.9. The van der Waals surface area contributed by atoms with Gasteiger partial charge in [0, 0.05) is 38.0 Å². The first-order valence-electron chi connectivity index (χ1n) is 10.7. The van der Waals surface area contributed by atoms with E-state index in [0.717, 1.165) is 29.7 Å². The summed E-state index contributed by atoms with van der Waals surface area (Å²) >= 11 is 0. The first-order valence-corrected chi connectivity index (χ1v) is 12.1.